The molecule has 2 fully saturated rings. The zero-order valence-corrected chi connectivity index (χ0v) is 22.6. The van der Waals surface area contributed by atoms with E-state index in [9.17, 15) is 0 Å². The molecule has 0 amide bonds. The maximum Gasteiger partial charge on any atom is 0.0546 e. The van der Waals surface area contributed by atoms with Crippen LogP contribution in [0.5, 0.6) is 0 Å². The Hall–Kier alpha value is -0.160. The van der Waals surface area contributed by atoms with Gasteiger partial charge in [-0.3, -0.25) is 0 Å². The van der Waals surface area contributed by atoms with Crippen molar-refractivity contribution in [1.29, 1.82) is 0 Å². The number of hydrogen-bond acceptors (Lipinski definition) is 4. The molecule has 0 aromatic rings. The van der Waals surface area contributed by atoms with Gasteiger partial charge in [0.2, 0.25) is 0 Å². The second-order valence-electron chi connectivity index (χ2n) is 11.1. The molecule has 4 nitrogen and oxygen atoms in total. The Morgan fingerprint density at radius 3 is 1.64 bits per heavy atom. The molecule has 0 spiro atoms. The van der Waals surface area contributed by atoms with E-state index in [-0.39, 0.29) is 0 Å². The highest BCUT2D eigenvalue weighted by Crippen LogP contribution is 2.31. The Balaban J connectivity index is 1.82. The van der Waals surface area contributed by atoms with Crippen LogP contribution in [-0.4, -0.2) is 75.5 Å². The van der Waals surface area contributed by atoms with Crippen LogP contribution in [0.15, 0.2) is 0 Å². The summed E-state index contributed by atoms with van der Waals surface area (Å²) in [5.74, 6) is 0. The number of ether oxygens (including phenoxy) is 2. The summed E-state index contributed by atoms with van der Waals surface area (Å²) in [6, 6.07) is 0. The maximum absolute atomic E-state index is 6.47. The summed E-state index contributed by atoms with van der Waals surface area (Å²) in [5, 5.41) is 0. The summed E-state index contributed by atoms with van der Waals surface area (Å²) in [4.78, 5) is 5.50. The quantitative estimate of drug-likeness (QED) is 0.162. The second-order valence-corrected chi connectivity index (χ2v) is 11.1. The normalized spacial score (nSPS) is 18.0. The highest BCUT2D eigenvalue weighted by molar-refractivity contribution is 4.89. The monoisotopic (exact) mass is 466 g/mol. The van der Waals surface area contributed by atoms with Crippen molar-refractivity contribution < 1.29 is 9.47 Å². The first kappa shape index (κ1) is 29.1. The lowest BCUT2D eigenvalue weighted by atomic mass is 9.81. The third kappa shape index (κ3) is 13.5. The molecular weight excluding hydrogens is 408 g/mol. The number of rotatable bonds is 22. The average Bonchev–Trinajstić information content (AvgIpc) is 3.52. The molecule has 0 unspecified atom stereocenters. The second kappa shape index (κ2) is 19.1. The van der Waals surface area contributed by atoms with Gasteiger partial charge in [-0.2, -0.15) is 0 Å². The van der Waals surface area contributed by atoms with Gasteiger partial charge < -0.3 is 19.3 Å². The maximum atomic E-state index is 6.47. The first-order valence-corrected chi connectivity index (χ1v) is 14.9. The van der Waals surface area contributed by atoms with Crippen LogP contribution in [0.4, 0.5) is 0 Å². The van der Waals surface area contributed by atoms with Gasteiger partial charge >= 0.3 is 0 Å². The number of nitrogens with zero attached hydrogens (tertiary/aromatic N) is 2. The standard InChI is InChI=1S/C29H58N2O2/c1-3-5-7-8-9-16-25-33-28-29(26-30-19-12-13-20-30,27-31-21-14-15-22-31)18-11-10-17-24-32-23-6-4-2/h3-28H2,1-2H3. The zero-order valence-electron chi connectivity index (χ0n) is 22.6. The smallest absolute Gasteiger partial charge is 0.0546 e. The van der Waals surface area contributed by atoms with Crippen LogP contribution in [0.3, 0.4) is 0 Å². The highest BCUT2D eigenvalue weighted by Gasteiger charge is 2.35. The summed E-state index contributed by atoms with van der Waals surface area (Å²) in [7, 11) is 0. The van der Waals surface area contributed by atoms with E-state index < -0.39 is 0 Å². The Morgan fingerprint density at radius 1 is 0.545 bits per heavy atom. The van der Waals surface area contributed by atoms with Crippen LogP contribution in [0.25, 0.3) is 0 Å². The van der Waals surface area contributed by atoms with Gasteiger partial charge in [0.25, 0.3) is 0 Å². The minimum Gasteiger partial charge on any atom is -0.381 e. The molecule has 0 aromatic heterocycles. The summed E-state index contributed by atoms with van der Waals surface area (Å²) in [5.41, 5.74) is 0.306. The zero-order chi connectivity index (χ0) is 23.5. The fourth-order valence-electron chi connectivity index (χ4n) is 5.70. The van der Waals surface area contributed by atoms with Crippen molar-refractivity contribution in [1.82, 2.24) is 9.80 Å². The Labute approximate surface area is 207 Å². The molecule has 0 N–H and O–H groups in total. The van der Waals surface area contributed by atoms with Crippen molar-refractivity contribution in [3.63, 3.8) is 0 Å². The van der Waals surface area contributed by atoms with Gasteiger partial charge in [0, 0.05) is 38.3 Å². The molecule has 0 atom stereocenters. The first-order valence-electron chi connectivity index (χ1n) is 14.9. The highest BCUT2D eigenvalue weighted by atomic mass is 16.5. The van der Waals surface area contributed by atoms with Gasteiger partial charge in [-0.05, 0) is 77.5 Å². The summed E-state index contributed by atoms with van der Waals surface area (Å²) < 4.78 is 12.3. The minimum atomic E-state index is 0.306. The first-order chi connectivity index (χ1) is 16.3. The van der Waals surface area contributed by atoms with Gasteiger partial charge in [0.1, 0.15) is 0 Å². The molecule has 2 saturated heterocycles. The van der Waals surface area contributed by atoms with Crippen molar-refractivity contribution in [2.75, 3.05) is 65.7 Å². The molecule has 0 radical (unpaired) electrons. The fourth-order valence-corrected chi connectivity index (χ4v) is 5.70. The SMILES string of the molecule is CCCCCCCCOCC(CCCCCOCCCC)(CN1CCCC1)CN1CCCC1. The van der Waals surface area contributed by atoms with Crippen molar-refractivity contribution in [2.45, 2.75) is 117 Å². The van der Waals surface area contributed by atoms with Gasteiger partial charge in [0.05, 0.1) is 6.61 Å². The molecule has 0 saturated carbocycles. The summed E-state index contributed by atoms with van der Waals surface area (Å²) in [6.07, 6.45) is 21.2. The van der Waals surface area contributed by atoms with E-state index in [1.807, 2.05) is 0 Å². The lowest BCUT2D eigenvalue weighted by Gasteiger charge is -2.40. The molecule has 0 bridgehead atoms. The van der Waals surface area contributed by atoms with E-state index in [1.165, 1.54) is 142 Å². The van der Waals surface area contributed by atoms with Crippen LogP contribution in [0, 0.1) is 5.41 Å². The van der Waals surface area contributed by atoms with Gasteiger partial charge in [-0.25, -0.2) is 0 Å². The number of hydrogen-bond donors (Lipinski definition) is 0. The van der Waals surface area contributed by atoms with E-state index in [1.54, 1.807) is 0 Å². The molecular formula is C29H58N2O2. The third-order valence-corrected chi connectivity index (χ3v) is 7.70. The lowest BCUT2D eigenvalue weighted by molar-refractivity contribution is -0.00404. The van der Waals surface area contributed by atoms with Crippen molar-refractivity contribution in [3.8, 4) is 0 Å². The fraction of sp³-hybridized carbons (Fsp3) is 1.00. The van der Waals surface area contributed by atoms with E-state index in [4.69, 9.17) is 9.47 Å². The predicted molar refractivity (Wildman–Crippen MR) is 142 cm³/mol. The Morgan fingerprint density at radius 2 is 1.03 bits per heavy atom. The van der Waals surface area contributed by atoms with Crippen LogP contribution in [0.1, 0.15) is 117 Å². The molecule has 2 heterocycles. The Bertz CT molecular complexity index is 393. The van der Waals surface area contributed by atoms with E-state index >= 15 is 0 Å². The molecule has 2 rings (SSSR count). The number of unbranched alkanes of at least 4 members (excludes halogenated alkanes) is 8. The topological polar surface area (TPSA) is 24.9 Å². The van der Waals surface area contributed by atoms with Gasteiger partial charge in [-0.1, -0.05) is 65.2 Å². The molecule has 0 aliphatic carbocycles. The van der Waals surface area contributed by atoms with Crippen molar-refractivity contribution >= 4 is 0 Å². The van der Waals surface area contributed by atoms with E-state index in [0.29, 0.717) is 5.41 Å². The molecule has 0 aromatic carbocycles. The molecule has 196 valence electrons. The third-order valence-electron chi connectivity index (χ3n) is 7.70. The molecule has 4 heteroatoms. The summed E-state index contributed by atoms with van der Waals surface area (Å²) in [6.45, 7) is 16.0. The van der Waals surface area contributed by atoms with Crippen molar-refractivity contribution in [3.05, 3.63) is 0 Å². The van der Waals surface area contributed by atoms with Crippen molar-refractivity contribution in [2.24, 2.45) is 5.41 Å². The summed E-state index contributed by atoms with van der Waals surface area (Å²) >= 11 is 0. The lowest BCUT2D eigenvalue weighted by Crippen LogP contribution is -2.47. The minimum absolute atomic E-state index is 0.306. The largest absolute Gasteiger partial charge is 0.381 e. The van der Waals surface area contributed by atoms with Crippen LogP contribution >= 0.6 is 0 Å². The number of likely N-dealkylation sites (tertiary alicyclic amines) is 2. The van der Waals surface area contributed by atoms with Crippen LogP contribution in [-0.2, 0) is 9.47 Å². The molecule has 2 aliphatic heterocycles. The van der Waals surface area contributed by atoms with Crippen LogP contribution < -0.4 is 0 Å². The van der Waals surface area contributed by atoms with Gasteiger partial charge in [-0.15, -0.1) is 0 Å². The molecule has 33 heavy (non-hydrogen) atoms. The van der Waals surface area contributed by atoms with E-state index in [0.717, 1.165) is 26.4 Å². The predicted octanol–water partition coefficient (Wildman–Crippen LogP) is 6.92. The Kier molecular flexibility index (Phi) is 16.8. The van der Waals surface area contributed by atoms with E-state index in [2.05, 4.69) is 23.6 Å². The average molecular weight is 467 g/mol. The molecule has 2 aliphatic rings. The van der Waals surface area contributed by atoms with Crippen LogP contribution in [0.2, 0.25) is 0 Å². The van der Waals surface area contributed by atoms with Gasteiger partial charge in [0.15, 0.2) is 0 Å².